The van der Waals surface area contributed by atoms with Gasteiger partial charge in [-0.3, -0.25) is 0 Å². The summed E-state index contributed by atoms with van der Waals surface area (Å²) in [7, 11) is 0. The average molecular weight is 427 g/mol. The van der Waals surface area contributed by atoms with Crippen molar-refractivity contribution in [1.29, 1.82) is 0 Å². The van der Waals surface area contributed by atoms with E-state index in [0.717, 1.165) is 15.7 Å². The second-order valence-electron chi connectivity index (χ2n) is 4.65. The Bertz CT molecular complexity index is 670. The Morgan fingerprint density at radius 1 is 1.14 bits per heavy atom. The molecule has 0 saturated carbocycles. The molecule has 1 unspecified atom stereocenters. The zero-order valence-electron chi connectivity index (χ0n) is 10.9. The lowest BCUT2D eigenvalue weighted by Gasteiger charge is -2.16. The van der Waals surface area contributed by atoms with Gasteiger partial charge in [0, 0.05) is 3.57 Å². The molecule has 2 rings (SSSR count). The van der Waals surface area contributed by atoms with Crippen LogP contribution in [-0.2, 0) is 6.18 Å². The normalized spacial score (nSPS) is 13.3. The molecule has 0 saturated heterocycles. The van der Waals surface area contributed by atoms with Gasteiger partial charge in [0.1, 0.15) is 6.10 Å². The highest BCUT2D eigenvalue weighted by Crippen LogP contribution is 2.33. The SMILES string of the molecule is Cc1cc(C(F)(F)F)ccc1C(O)c1ccc(I)c(Cl)c1. The van der Waals surface area contributed by atoms with E-state index in [4.69, 9.17) is 11.6 Å². The monoisotopic (exact) mass is 426 g/mol. The predicted molar refractivity (Wildman–Crippen MR) is 84.4 cm³/mol. The van der Waals surface area contributed by atoms with Crippen molar-refractivity contribution in [3.63, 3.8) is 0 Å². The number of alkyl halides is 3. The lowest BCUT2D eigenvalue weighted by molar-refractivity contribution is -0.137. The van der Waals surface area contributed by atoms with Gasteiger partial charge in [-0.05, 0) is 70.5 Å². The maximum absolute atomic E-state index is 12.6. The highest BCUT2D eigenvalue weighted by molar-refractivity contribution is 14.1. The Morgan fingerprint density at radius 2 is 1.81 bits per heavy atom. The molecule has 1 nitrogen and oxygen atoms in total. The Kier molecular flexibility index (Phi) is 4.85. The predicted octanol–water partition coefficient (Wildman–Crippen LogP) is 5.35. The van der Waals surface area contributed by atoms with Gasteiger partial charge in [0.15, 0.2) is 0 Å². The molecule has 0 bridgehead atoms. The first-order chi connectivity index (χ1) is 9.70. The van der Waals surface area contributed by atoms with Crippen LogP contribution < -0.4 is 0 Å². The quantitative estimate of drug-likeness (QED) is 0.642. The van der Waals surface area contributed by atoms with Crippen molar-refractivity contribution in [2.45, 2.75) is 19.2 Å². The molecule has 1 N–H and O–H groups in total. The molecule has 0 amide bonds. The number of aliphatic hydroxyl groups is 1. The maximum atomic E-state index is 12.6. The molecule has 0 aliphatic carbocycles. The lowest BCUT2D eigenvalue weighted by Crippen LogP contribution is -2.08. The van der Waals surface area contributed by atoms with E-state index in [1.54, 1.807) is 25.1 Å². The van der Waals surface area contributed by atoms with Crippen molar-refractivity contribution in [2.75, 3.05) is 0 Å². The van der Waals surface area contributed by atoms with E-state index in [1.165, 1.54) is 6.07 Å². The maximum Gasteiger partial charge on any atom is 0.416 e. The molecular weight excluding hydrogens is 416 g/mol. The van der Waals surface area contributed by atoms with Gasteiger partial charge in [-0.25, -0.2) is 0 Å². The van der Waals surface area contributed by atoms with Crippen molar-refractivity contribution in [3.05, 3.63) is 67.2 Å². The zero-order valence-corrected chi connectivity index (χ0v) is 13.8. The molecule has 0 aliphatic rings. The number of aryl methyl sites for hydroxylation is 1. The van der Waals surface area contributed by atoms with Crippen molar-refractivity contribution in [2.24, 2.45) is 0 Å². The molecule has 0 radical (unpaired) electrons. The molecule has 0 heterocycles. The molecule has 0 aromatic heterocycles. The van der Waals surface area contributed by atoms with Gasteiger partial charge in [-0.1, -0.05) is 23.7 Å². The van der Waals surface area contributed by atoms with E-state index in [2.05, 4.69) is 22.6 Å². The second kappa shape index (κ2) is 6.14. The van der Waals surface area contributed by atoms with Gasteiger partial charge in [-0.2, -0.15) is 13.2 Å². The summed E-state index contributed by atoms with van der Waals surface area (Å²) in [5, 5.41) is 10.8. The minimum atomic E-state index is -4.39. The third-order valence-corrected chi connectivity index (χ3v) is 4.72. The van der Waals surface area contributed by atoms with Crippen LogP contribution in [0.2, 0.25) is 5.02 Å². The minimum absolute atomic E-state index is 0.381. The van der Waals surface area contributed by atoms with E-state index in [0.29, 0.717) is 21.7 Å². The van der Waals surface area contributed by atoms with Crippen LogP contribution in [0.25, 0.3) is 0 Å². The summed E-state index contributed by atoms with van der Waals surface area (Å²) in [5.74, 6) is 0. The van der Waals surface area contributed by atoms with Gasteiger partial charge >= 0.3 is 6.18 Å². The molecular formula is C15H11ClF3IO. The molecule has 1 atom stereocenters. The standard InChI is InChI=1S/C15H11ClF3IO/c1-8-6-10(15(17,18)19)3-4-11(8)14(21)9-2-5-13(20)12(16)7-9/h2-7,14,21H,1H3. The van der Waals surface area contributed by atoms with Crippen LogP contribution in [-0.4, -0.2) is 5.11 Å². The average Bonchev–Trinajstić information content (AvgIpc) is 2.40. The van der Waals surface area contributed by atoms with E-state index >= 15 is 0 Å². The Morgan fingerprint density at radius 3 is 2.33 bits per heavy atom. The first-order valence-corrected chi connectivity index (χ1v) is 7.46. The highest BCUT2D eigenvalue weighted by atomic mass is 127. The summed E-state index contributed by atoms with van der Waals surface area (Å²) in [6, 6.07) is 8.38. The fourth-order valence-corrected chi connectivity index (χ4v) is 2.55. The van der Waals surface area contributed by atoms with Gasteiger partial charge in [0.05, 0.1) is 10.6 Å². The molecule has 0 aliphatic heterocycles. The first-order valence-electron chi connectivity index (χ1n) is 6.01. The summed E-state index contributed by atoms with van der Waals surface area (Å²) in [4.78, 5) is 0. The molecule has 21 heavy (non-hydrogen) atoms. The van der Waals surface area contributed by atoms with Crippen LogP contribution in [0, 0.1) is 10.5 Å². The van der Waals surface area contributed by atoms with Crippen molar-refractivity contribution in [3.8, 4) is 0 Å². The molecule has 0 spiro atoms. The Balaban J connectivity index is 2.39. The third-order valence-electron chi connectivity index (χ3n) is 3.15. The molecule has 2 aromatic rings. The highest BCUT2D eigenvalue weighted by Gasteiger charge is 2.31. The summed E-state index contributed by atoms with van der Waals surface area (Å²) < 4.78 is 38.8. The molecule has 112 valence electrons. The minimum Gasteiger partial charge on any atom is -0.384 e. The third kappa shape index (κ3) is 3.70. The fraction of sp³-hybridized carbons (Fsp3) is 0.200. The smallest absolute Gasteiger partial charge is 0.384 e. The first kappa shape index (κ1) is 16.6. The van der Waals surface area contributed by atoms with Gasteiger partial charge in [0.25, 0.3) is 0 Å². The lowest BCUT2D eigenvalue weighted by atomic mass is 9.96. The number of benzene rings is 2. The molecule has 6 heteroatoms. The summed E-state index contributed by atoms with van der Waals surface area (Å²) in [6.07, 6.45) is -5.40. The van der Waals surface area contributed by atoms with Gasteiger partial charge in [0.2, 0.25) is 0 Å². The van der Waals surface area contributed by atoms with E-state index in [1.807, 2.05) is 0 Å². The number of halogens is 5. The van der Waals surface area contributed by atoms with Crippen LogP contribution >= 0.6 is 34.2 Å². The van der Waals surface area contributed by atoms with Gasteiger partial charge in [-0.15, -0.1) is 0 Å². The fourth-order valence-electron chi connectivity index (χ4n) is 2.02. The van der Waals surface area contributed by atoms with Gasteiger partial charge < -0.3 is 5.11 Å². The van der Waals surface area contributed by atoms with Crippen molar-refractivity contribution >= 4 is 34.2 Å². The number of aliphatic hydroxyl groups excluding tert-OH is 1. The Labute approximate surface area is 138 Å². The number of rotatable bonds is 2. The van der Waals surface area contributed by atoms with Crippen LogP contribution in [0.5, 0.6) is 0 Å². The van der Waals surface area contributed by atoms with Crippen molar-refractivity contribution in [1.82, 2.24) is 0 Å². The largest absolute Gasteiger partial charge is 0.416 e. The summed E-state index contributed by atoms with van der Waals surface area (Å²) >= 11 is 8.06. The zero-order chi connectivity index (χ0) is 15.8. The van der Waals surface area contributed by atoms with Crippen LogP contribution in [0.1, 0.15) is 28.4 Å². The summed E-state index contributed by atoms with van der Waals surface area (Å²) in [5.41, 5.74) is 0.632. The molecule has 0 fully saturated rings. The second-order valence-corrected chi connectivity index (χ2v) is 6.21. The van der Waals surface area contributed by atoms with Crippen LogP contribution in [0.15, 0.2) is 36.4 Å². The van der Waals surface area contributed by atoms with Crippen molar-refractivity contribution < 1.29 is 18.3 Å². The van der Waals surface area contributed by atoms with E-state index < -0.39 is 17.8 Å². The number of hydrogen-bond acceptors (Lipinski definition) is 1. The molecule has 2 aromatic carbocycles. The Hall–Kier alpha value is -0.790. The number of hydrogen-bond donors (Lipinski definition) is 1. The topological polar surface area (TPSA) is 20.2 Å². The van der Waals surface area contributed by atoms with E-state index in [9.17, 15) is 18.3 Å². The summed E-state index contributed by atoms with van der Waals surface area (Å²) in [6.45, 7) is 1.54. The van der Waals surface area contributed by atoms with Crippen LogP contribution in [0.4, 0.5) is 13.2 Å². The van der Waals surface area contributed by atoms with E-state index in [-0.39, 0.29) is 0 Å². The van der Waals surface area contributed by atoms with Crippen LogP contribution in [0.3, 0.4) is 0 Å².